The van der Waals surface area contributed by atoms with Crippen LogP contribution in [0.3, 0.4) is 0 Å². The Labute approximate surface area is 156 Å². The lowest BCUT2D eigenvalue weighted by Gasteiger charge is -2.31. The minimum atomic E-state index is -0.999. The minimum Gasteiger partial charge on any atom is -0.478 e. The van der Waals surface area contributed by atoms with E-state index in [0.717, 1.165) is 12.0 Å². The molecule has 3 amide bonds. The van der Waals surface area contributed by atoms with Gasteiger partial charge in [-0.05, 0) is 30.5 Å². The summed E-state index contributed by atoms with van der Waals surface area (Å²) < 4.78 is 1.63. The van der Waals surface area contributed by atoms with Crippen LogP contribution in [0.5, 0.6) is 0 Å². The predicted octanol–water partition coefficient (Wildman–Crippen LogP) is 1.11. The fraction of sp³-hybridized carbons (Fsp3) is 0.333. The van der Waals surface area contributed by atoms with Gasteiger partial charge in [-0.1, -0.05) is 12.1 Å². The van der Waals surface area contributed by atoms with Crippen molar-refractivity contribution in [3.63, 3.8) is 0 Å². The molecule has 0 aliphatic carbocycles. The Morgan fingerprint density at radius 1 is 1.30 bits per heavy atom. The minimum absolute atomic E-state index is 0.157. The Morgan fingerprint density at radius 3 is 2.67 bits per heavy atom. The van der Waals surface area contributed by atoms with Crippen molar-refractivity contribution in [1.82, 2.24) is 20.4 Å². The Kier molecular flexibility index (Phi) is 5.39. The van der Waals surface area contributed by atoms with E-state index in [9.17, 15) is 14.4 Å². The first-order chi connectivity index (χ1) is 12.9. The maximum Gasteiger partial charge on any atom is 0.335 e. The SMILES string of the molecule is Cn1cc(N2CCCC(NC(=O)NCc3ccc(C(=O)O)cc3)C2=O)cn1. The van der Waals surface area contributed by atoms with Crippen LogP contribution >= 0.6 is 0 Å². The van der Waals surface area contributed by atoms with Crippen molar-refractivity contribution < 1.29 is 19.5 Å². The van der Waals surface area contributed by atoms with Gasteiger partial charge in [0.15, 0.2) is 0 Å². The van der Waals surface area contributed by atoms with E-state index in [-0.39, 0.29) is 18.0 Å². The number of carboxylic acids is 1. The molecule has 9 heteroatoms. The number of nitrogens with one attached hydrogen (secondary N) is 2. The number of nitrogens with zero attached hydrogens (tertiary/aromatic N) is 3. The fourth-order valence-corrected chi connectivity index (χ4v) is 2.97. The summed E-state index contributed by atoms with van der Waals surface area (Å²) in [5.41, 5.74) is 1.67. The van der Waals surface area contributed by atoms with Crippen LogP contribution in [0.25, 0.3) is 0 Å². The van der Waals surface area contributed by atoms with Gasteiger partial charge in [0.2, 0.25) is 5.91 Å². The number of urea groups is 1. The third kappa shape index (κ3) is 4.43. The zero-order valence-corrected chi connectivity index (χ0v) is 14.9. The lowest BCUT2D eigenvalue weighted by molar-refractivity contribution is -0.121. The zero-order chi connectivity index (χ0) is 19.4. The van der Waals surface area contributed by atoms with E-state index in [4.69, 9.17) is 5.11 Å². The molecule has 1 atom stereocenters. The molecule has 9 nitrogen and oxygen atoms in total. The number of hydrogen-bond acceptors (Lipinski definition) is 4. The summed E-state index contributed by atoms with van der Waals surface area (Å²) >= 11 is 0. The van der Waals surface area contributed by atoms with Crippen molar-refractivity contribution in [1.29, 1.82) is 0 Å². The van der Waals surface area contributed by atoms with Crippen LogP contribution in [-0.2, 0) is 18.4 Å². The van der Waals surface area contributed by atoms with Crippen molar-refractivity contribution in [2.75, 3.05) is 11.4 Å². The number of hydrogen-bond donors (Lipinski definition) is 3. The average molecular weight is 371 g/mol. The number of amides is 3. The van der Waals surface area contributed by atoms with Gasteiger partial charge in [0.1, 0.15) is 6.04 Å². The van der Waals surface area contributed by atoms with Gasteiger partial charge in [-0.2, -0.15) is 5.10 Å². The molecular formula is C18H21N5O4. The summed E-state index contributed by atoms with van der Waals surface area (Å²) in [5.74, 6) is -1.16. The van der Waals surface area contributed by atoms with Gasteiger partial charge in [0.25, 0.3) is 0 Å². The molecule has 2 aromatic rings. The van der Waals surface area contributed by atoms with Crippen molar-refractivity contribution in [3.8, 4) is 0 Å². The van der Waals surface area contributed by atoms with Gasteiger partial charge < -0.3 is 20.6 Å². The maximum absolute atomic E-state index is 12.6. The number of aromatic nitrogens is 2. The van der Waals surface area contributed by atoms with Crippen LogP contribution in [0, 0.1) is 0 Å². The molecule has 2 heterocycles. The van der Waals surface area contributed by atoms with Crippen LogP contribution in [0.1, 0.15) is 28.8 Å². The first-order valence-corrected chi connectivity index (χ1v) is 8.60. The standard InChI is InChI=1S/C18H21N5O4/c1-22-11-14(10-20-22)23-8-2-3-15(16(23)24)21-18(27)19-9-12-4-6-13(7-5-12)17(25)26/h4-7,10-11,15H,2-3,8-9H2,1H3,(H,25,26)(H2,19,21,27). The van der Waals surface area contributed by atoms with Crippen molar-refractivity contribution in [2.24, 2.45) is 7.05 Å². The highest BCUT2D eigenvalue weighted by Gasteiger charge is 2.31. The molecule has 27 heavy (non-hydrogen) atoms. The predicted molar refractivity (Wildman–Crippen MR) is 97.4 cm³/mol. The number of piperidine rings is 1. The van der Waals surface area contributed by atoms with E-state index in [0.29, 0.717) is 18.7 Å². The van der Waals surface area contributed by atoms with Gasteiger partial charge in [-0.3, -0.25) is 9.48 Å². The largest absolute Gasteiger partial charge is 0.478 e. The number of rotatable bonds is 5. The second-order valence-corrected chi connectivity index (χ2v) is 6.39. The number of aryl methyl sites for hydroxylation is 1. The molecule has 0 saturated carbocycles. The molecule has 0 bridgehead atoms. The van der Waals surface area contributed by atoms with E-state index in [1.54, 1.807) is 41.2 Å². The van der Waals surface area contributed by atoms with Crippen LogP contribution in [0.2, 0.25) is 0 Å². The highest BCUT2D eigenvalue weighted by atomic mass is 16.4. The number of benzene rings is 1. The first kappa shape index (κ1) is 18.4. The fourth-order valence-electron chi connectivity index (χ4n) is 2.97. The van der Waals surface area contributed by atoms with E-state index in [1.165, 1.54) is 12.1 Å². The molecule has 1 unspecified atom stereocenters. The molecule has 1 aliphatic rings. The molecule has 1 aliphatic heterocycles. The number of carboxylic acid groups (broad SMARTS) is 1. The Balaban J connectivity index is 1.53. The molecule has 3 N–H and O–H groups in total. The summed E-state index contributed by atoms with van der Waals surface area (Å²) in [7, 11) is 1.78. The van der Waals surface area contributed by atoms with Gasteiger partial charge in [-0.25, -0.2) is 9.59 Å². The van der Waals surface area contributed by atoms with E-state index >= 15 is 0 Å². The summed E-state index contributed by atoms with van der Waals surface area (Å²) in [6, 6.07) is 5.21. The average Bonchev–Trinajstić information content (AvgIpc) is 3.08. The molecule has 1 aromatic heterocycles. The van der Waals surface area contributed by atoms with Crippen LogP contribution in [-0.4, -0.2) is 45.4 Å². The van der Waals surface area contributed by atoms with Crippen molar-refractivity contribution >= 4 is 23.6 Å². The van der Waals surface area contributed by atoms with Crippen molar-refractivity contribution in [3.05, 3.63) is 47.8 Å². The lowest BCUT2D eigenvalue weighted by atomic mass is 10.0. The molecule has 1 fully saturated rings. The molecule has 142 valence electrons. The third-order valence-electron chi connectivity index (χ3n) is 4.40. The number of carbonyl (C=O) groups excluding carboxylic acids is 2. The van der Waals surface area contributed by atoms with E-state index in [2.05, 4.69) is 15.7 Å². The molecular weight excluding hydrogens is 350 g/mol. The topological polar surface area (TPSA) is 117 Å². The van der Waals surface area contributed by atoms with Gasteiger partial charge in [0.05, 0.1) is 17.4 Å². The molecule has 1 aromatic carbocycles. The first-order valence-electron chi connectivity index (χ1n) is 8.60. The van der Waals surface area contributed by atoms with Crippen LogP contribution < -0.4 is 15.5 Å². The summed E-state index contributed by atoms with van der Waals surface area (Å²) in [6.07, 6.45) is 4.75. The zero-order valence-electron chi connectivity index (χ0n) is 14.9. The molecule has 0 radical (unpaired) electrons. The Hall–Kier alpha value is -3.36. The van der Waals surface area contributed by atoms with Gasteiger partial charge >= 0.3 is 12.0 Å². The van der Waals surface area contributed by atoms with Crippen molar-refractivity contribution in [2.45, 2.75) is 25.4 Å². The summed E-state index contributed by atoms with van der Waals surface area (Å²) in [4.78, 5) is 37.3. The number of aromatic carboxylic acids is 1. The quantitative estimate of drug-likeness (QED) is 0.728. The second-order valence-electron chi connectivity index (χ2n) is 6.39. The Morgan fingerprint density at radius 2 is 2.04 bits per heavy atom. The highest BCUT2D eigenvalue weighted by molar-refractivity contribution is 5.99. The van der Waals surface area contributed by atoms with Gasteiger partial charge in [0, 0.05) is 26.3 Å². The number of anilines is 1. The number of carbonyl (C=O) groups is 3. The van der Waals surface area contributed by atoms with Crippen LogP contribution in [0.4, 0.5) is 10.5 Å². The maximum atomic E-state index is 12.6. The molecule has 0 spiro atoms. The normalized spacial score (nSPS) is 16.9. The monoisotopic (exact) mass is 371 g/mol. The van der Waals surface area contributed by atoms with E-state index < -0.39 is 18.0 Å². The third-order valence-corrected chi connectivity index (χ3v) is 4.40. The molecule has 1 saturated heterocycles. The molecule has 3 rings (SSSR count). The van der Waals surface area contributed by atoms with E-state index in [1.807, 2.05) is 0 Å². The lowest BCUT2D eigenvalue weighted by Crippen LogP contribution is -2.54. The summed E-state index contributed by atoms with van der Waals surface area (Å²) in [5, 5.41) is 18.4. The van der Waals surface area contributed by atoms with Gasteiger partial charge in [-0.15, -0.1) is 0 Å². The highest BCUT2D eigenvalue weighted by Crippen LogP contribution is 2.20. The Bertz CT molecular complexity index is 846. The second kappa shape index (κ2) is 7.90. The summed E-state index contributed by atoms with van der Waals surface area (Å²) in [6.45, 7) is 0.833. The van der Waals surface area contributed by atoms with Crippen LogP contribution in [0.15, 0.2) is 36.7 Å². The smallest absolute Gasteiger partial charge is 0.335 e.